The van der Waals surface area contributed by atoms with Gasteiger partial charge in [-0.3, -0.25) is 4.79 Å². The van der Waals surface area contributed by atoms with Crippen molar-refractivity contribution >= 4 is 17.7 Å². The number of carbonyl (C=O) groups is 1. The molecule has 0 unspecified atom stereocenters. The van der Waals surface area contributed by atoms with E-state index in [1.165, 1.54) is 0 Å². The second kappa shape index (κ2) is 10.1. The predicted molar refractivity (Wildman–Crippen MR) is 95.9 cm³/mol. The van der Waals surface area contributed by atoms with Gasteiger partial charge in [0.2, 0.25) is 5.91 Å². The topological polar surface area (TPSA) is 69.0 Å². The molecular weight excluding hydrogens is 324 g/mol. The van der Waals surface area contributed by atoms with E-state index < -0.39 is 0 Å². The molecule has 6 nitrogen and oxygen atoms in total. The summed E-state index contributed by atoms with van der Waals surface area (Å²) in [7, 11) is 3.63. The van der Waals surface area contributed by atoms with E-state index in [4.69, 9.17) is 4.74 Å². The van der Waals surface area contributed by atoms with Gasteiger partial charge in [-0.15, -0.1) is 10.2 Å². The van der Waals surface area contributed by atoms with Crippen LogP contribution in [0.25, 0.3) is 11.4 Å². The molecule has 0 saturated carbocycles. The maximum absolute atomic E-state index is 11.8. The highest BCUT2D eigenvalue weighted by Crippen LogP contribution is 2.22. The minimum absolute atomic E-state index is 0.0744. The number of aromatic nitrogens is 3. The summed E-state index contributed by atoms with van der Waals surface area (Å²) in [4.78, 5) is 11.8. The molecule has 1 aromatic carbocycles. The number of thioether (sulfide) groups is 1. The number of amides is 1. The maximum atomic E-state index is 11.8. The lowest BCUT2D eigenvalue weighted by Gasteiger charge is -2.05. The fraction of sp³-hybridized carbons (Fsp3) is 0.471. The Balaban J connectivity index is 1.73. The van der Waals surface area contributed by atoms with Gasteiger partial charge in [0.25, 0.3) is 0 Å². The van der Waals surface area contributed by atoms with Gasteiger partial charge in [-0.05, 0) is 12.8 Å². The van der Waals surface area contributed by atoms with Gasteiger partial charge in [-0.25, -0.2) is 0 Å². The van der Waals surface area contributed by atoms with Gasteiger partial charge in [-0.2, -0.15) is 0 Å². The molecule has 2 rings (SSSR count). The number of nitrogens with one attached hydrogen (secondary N) is 1. The minimum atomic E-state index is 0.0744. The van der Waals surface area contributed by atoms with E-state index in [1.54, 1.807) is 18.9 Å². The Kier molecular flexibility index (Phi) is 7.77. The summed E-state index contributed by atoms with van der Waals surface area (Å²) in [5.74, 6) is 1.59. The van der Waals surface area contributed by atoms with E-state index >= 15 is 0 Å². The normalized spacial score (nSPS) is 10.8. The Hall–Kier alpha value is -1.86. The van der Waals surface area contributed by atoms with E-state index in [9.17, 15) is 4.79 Å². The molecular formula is C17H24N4O2S. The molecule has 0 aliphatic carbocycles. The number of carbonyl (C=O) groups excluding carboxylic acids is 1. The van der Waals surface area contributed by atoms with Crippen molar-refractivity contribution in [3.8, 4) is 11.4 Å². The first-order chi connectivity index (χ1) is 11.7. The second-order valence-corrected chi connectivity index (χ2v) is 6.44. The zero-order valence-corrected chi connectivity index (χ0v) is 15.0. The fourth-order valence-corrected chi connectivity index (χ4v) is 3.05. The van der Waals surface area contributed by atoms with E-state index in [0.29, 0.717) is 18.7 Å². The van der Waals surface area contributed by atoms with Gasteiger partial charge in [0.1, 0.15) is 0 Å². The number of nitrogens with zero attached hydrogens (tertiary/aromatic N) is 3. The van der Waals surface area contributed by atoms with Crippen molar-refractivity contribution in [2.45, 2.75) is 24.4 Å². The van der Waals surface area contributed by atoms with E-state index in [0.717, 1.165) is 36.0 Å². The number of hydrogen-bond donors (Lipinski definition) is 1. The molecule has 1 amide bonds. The lowest BCUT2D eigenvalue weighted by Crippen LogP contribution is -2.24. The molecule has 1 aromatic heterocycles. The summed E-state index contributed by atoms with van der Waals surface area (Å²) >= 11 is 1.55. The Labute approximate surface area is 147 Å². The van der Waals surface area contributed by atoms with E-state index in [2.05, 4.69) is 15.5 Å². The Bertz CT molecular complexity index is 631. The summed E-state index contributed by atoms with van der Waals surface area (Å²) in [6.45, 7) is 1.44. The Morgan fingerprint density at radius 2 is 2.04 bits per heavy atom. The van der Waals surface area contributed by atoms with Crippen LogP contribution >= 0.6 is 11.8 Å². The highest BCUT2D eigenvalue weighted by atomic mass is 32.2. The molecule has 24 heavy (non-hydrogen) atoms. The first-order valence-corrected chi connectivity index (χ1v) is 9.04. The van der Waals surface area contributed by atoms with Crippen molar-refractivity contribution in [1.29, 1.82) is 0 Å². The summed E-state index contributed by atoms with van der Waals surface area (Å²) in [6, 6.07) is 9.95. The molecule has 0 fully saturated rings. The number of ether oxygens (including phenoxy) is 1. The third kappa shape index (κ3) is 5.65. The monoisotopic (exact) mass is 348 g/mol. The van der Waals surface area contributed by atoms with Gasteiger partial charge in [0, 0.05) is 45.0 Å². The number of unbranched alkanes of at least 4 members (excludes halogenated alkanes) is 1. The largest absolute Gasteiger partial charge is 0.385 e. The standard InChI is InChI=1S/C17H24N4O2S/c1-21-16(14-8-4-3-5-9-14)19-20-17(21)24-13-10-15(22)18-11-6-7-12-23-2/h3-5,8-9H,6-7,10-13H2,1-2H3,(H,18,22). The summed E-state index contributed by atoms with van der Waals surface area (Å²) in [6.07, 6.45) is 2.38. The molecule has 0 spiro atoms. The lowest BCUT2D eigenvalue weighted by molar-refractivity contribution is -0.120. The molecule has 130 valence electrons. The van der Waals surface area contributed by atoms with Crippen LogP contribution in [0.4, 0.5) is 0 Å². The number of benzene rings is 1. The predicted octanol–water partition coefficient (Wildman–Crippen LogP) is 2.51. The quantitative estimate of drug-likeness (QED) is 0.528. The third-order valence-corrected chi connectivity index (χ3v) is 4.55. The van der Waals surface area contributed by atoms with Gasteiger partial charge in [0.05, 0.1) is 0 Å². The van der Waals surface area contributed by atoms with Crippen LogP contribution in [0.3, 0.4) is 0 Å². The van der Waals surface area contributed by atoms with Gasteiger partial charge in [0.15, 0.2) is 11.0 Å². The van der Waals surface area contributed by atoms with Crippen molar-refractivity contribution in [3.63, 3.8) is 0 Å². The lowest BCUT2D eigenvalue weighted by atomic mass is 10.2. The van der Waals surface area contributed by atoms with Crippen molar-refractivity contribution in [2.24, 2.45) is 7.05 Å². The van der Waals surface area contributed by atoms with Crippen molar-refractivity contribution in [2.75, 3.05) is 26.0 Å². The van der Waals surface area contributed by atoms with Crippen molar-refractivity contribution in [1.82, 2.24) is 20.1 Å². The first-order valence-electron chi connectivity index (χ1n) is 8.05. The highest BCUT2D eigenvalue weighted by molar-refractivity contribution is 7.99. The molecule has 1 heterocycles. The Morgan fingerprint density at radius 1 is 1.25 bits per heavy atom. The molecule has 0 atom stereocenters. The van der Waals surface area contributed by atoms with Crippen LogP contribution in [0.15, 0.2) is 35.5 Å². The average molecular weight is 348 g/mol. The van der Waals surface area contributed by atoms with Crippen molar-refractivity contribution in [3.05, 3.63) is 30.3 Å². The number of methoxy groups -OCH3 is 1. The molecule has 7 heteroatoms. The summed E-state index contributed by atoms with van der Waals surface area (Å²) in [5.41, 5.74) is 1.04. The molecule has 0 aliphatic heterocycles. The summed E-state index contributed by atoms with van der Waals surface area (Å²) in [5, 5.41) is 12.2. The van der Waals surface area contributed by atoms with Crippen LogP contribution in [0.5, 0.6) is 0 Å². The molecule has 1 N–H and O–H groups in total. The van der Waals surface area contributed by atoms with Crippen LogP contribution < -0.4 is 5.32 Å². The molecule has 0 bridgehead atoms. The molecule has 0 radical (unpaired) electrons. The first kappa shape index (κ1) is 18.5. The van der Waals surface area contributed by atoms with Gasteiger partial charge < -0.3 is 14.6 Å². The maximum Gasteiger partial charge on any atom is 0.220 e. The zero-order valence-electron chi connectivity index (χ0n) is 14.2. The SMILES string of the molecule is COCCCCNC(=O)CCSc1nnc(-c2ccccc2)n1C. The van der Waals surface area contributed by atoms with Crippen LogP contribution in [-0.2, 0) is 16.6 Å². The summed E-state index contributed by atoms with van der Waals surface area (Å²) < 4.78 is 6.94. The van der Waals surface area contributed by atoms with E-state index in [-0.39, 0.29) is 5.91 Å². The van der Waals surface area contributed by atoms with Gasteiger partial charge in [-0.1, -0.05) is 42.1 Å². The van der Waals surface area contributed by atoms with Crippen molar-refractivity contribution < 1.29 is 9.53 Å². The second-order valence-electron chi connectivity index (χ2n) is 5.38. The van der Waals surface area contributed by atoms with Crippen LogP contribution in [0.2, 0.25) is 0 Å². The smallest absolute Gasteiger partial charge is 0.220 e. The van der Waals surface area contributed by atoms with Crippen LogP contribution in [0, 0.1) is 0 Å². The van der Waals surface area contributed by atoms with E-state index in [1.807, 2.05) is 41.9 Å². The average Bonchev–Trinajstić information content (AvgIpc) is 2.96. The zero-order chi connectivity index (χ0) is 17.2. The van der Waals surface area contributed by atoms with Gasteiger partial charge >= 0.3 is 0 Å². The third-order valence-electron chi connectivity index (χ3n) is 3.52. The fourth-order valence-electron chi connectivity index (χ4n) is 2.20. The molecule has 0 saturated heterocycles. The highest BCUT2D eigenvalue weighted by Gasteiger charge is 2.11. The number of rotatable bonds is 10. The number of hydrogen-bond acceptors (Lipinski definition) is 5. The molecule has 2 aromatic rings. The minimum Gasteiger partial charge on any atom is -0.385 e. The van der Waals surface area contributed by atoms with Crippen LogP contribution in [0.1, 0.15) is 19.3 Å². The molecule has 0 aliphatic rings. The van der Waals surface area contributed by atoms with Crippen LogP contribution in [-0.4, -0.2) is 46.7 Å². The Morgan fingerprint density at radius 3 is 2.79 bits per heavy atom.